The molecule has 72 valence electrons. The van der Waals surface area contributed by atoms with Crippen molar-refractivity contribution in [1.82, 2.24) is 10.0 Å². The number of terminal acetylenes is 1. The van der Waals surface area contributed by atoms with Gasteiger partial charge in [-0.15, -0.1) is 6.42 Å². The first-order valence-corrected chi connectivity index (χ1v) is 3.94. The molecule has 0 aliphatic heterocycles. The average molecular weight is 190 g/mol. The first-order chi connectivity index (χ1) is 6.69. The molecule has 4 nitrogen and oxygen atoms in total. The van der Waals surface area contributed by atoms with E-state index >= 15 is 0 Å². The summed E-state index contributed by atoms with van der Waals surface area (Å²) in [6.07, 6.45) is 6.65. The molecule has 0 saturated heterocycles. The van der Waals surface area contributed by atoms with Crippen molar-refractivity contribution < 1.29 is 9.63 Å². The van der Waals surface area contributed by atoms with Crippen LogP contribution < -0.4 is 0 Å². The minimum absolute atomic E-state index is 0.258. The molecule has 0 unspecified atom stereocenters. The topological polar surface area (TPSA) is 42.4 Å². The van der Waals surface area contributed by atoms with Gasteiger partial charge in [0.25, 0.3) is 5.91 Å². The fraction of sp³-hybridized carbons (Fsp3) is 0.200. The van der Waals surface area contributed by atoms with Crippen molar-refractivity contribution in [2.75, 3.05) is 14.2 Å². The van der Waals surface area contributed by atoms with Crippen molar-refractivity contribution >= 4 is 5.91 Å². The van der Waals surface area contributed by atoms with Crippen LogP contribution in [0.2, 0.25) is 0 Å². The highest BCUT2D eigenvalue weighted by Gasteiger charge is 2.11. The zero-order chi connectivity index (χ0) is 10.6. The third-order valence-electron chi connectivity index (χ3n) is 1.71. The van der Waals surface area contributed by atoms with Crippen molar-refractivity contribution in [3.63, 3.8) is 0 Å². The molecule has 4 heteroatoms. The maximum atomic E-state index is 11.5. The Morgan fingerprint density at radius 3 is 3.00 bits per heavy atom. The van der Waals surface area contributed by atoms with Gasteiger partial charge in [0.05, 0.1) is 7.11 Å². The van der Waals surface area contributed by atoms with Crippen molar-refractivity contribution in [1.29, 1.82) is 0 Å². The Bertz CT molecular complexity index is 382. The van der Waals surface area contributed by atoms with Gasteiger partial charge in [-0.2, -0.15) is 0 Å². The van der Waals surface area contributed by atoms with Crippen LogP contribution in [0.1, 0.15) is 16.1 Å². The maximum Gasteiger partial charge on any atom is 0.277 e. The number of aromatic nitrogens is 1. The SMILES string of the molecule is C#Cc1cc(C(=O)N(C)OC)ccn1. The van der Waals surface area contributed by atoms with E-state index < -0.39 is 0 Å². The Hall–Kier alpha value is -1.86. The lowest BCUT2D eigenvalue weighted by molar-refractivity contribution is -0.0757. The summed E-state index contributed by atoms with van der Waals surface area (Å²) in [5.74, 6) is 2.10. The number of rotatable bonds is 2. The average Bonchev–Trinajstić information content (AvgIpc) is 2.27. The van der Waals surface area contributed by atoms with Crippen LogP contribution in [0.25, 0.3) is 0 Å². The monoisotopic (exact) mass is 190 g/mol. The van der Waals surface area contributed by atoms with Gasteiger partial charge in [0.1, 0.15) is 5.69 Å². The summed E-state index contributed by atoms with van der Waals surface area (Å²) in [4.78, 5) is 20.2. The molecular formula is C10H10N2O2. The molecular weight excluding hydrogens is 180 g/mol. The van der Waals surface area contributed by atoms with E-state index in [0.29, 0.717) is 11.3 Å². The Morgan fingerprint density at radius 2 is 2.43 bits per heavy atom. The summed E-state index contributed by atoms with van der Waals surface area (Å²) in [6.45, 7) is 0. The summed E-state index contributed by atoms with van der Waals surface area (Å²) in [5, 5.41) is 1.12. The van der Waals surface area contributed by atoms with Gasteiger partial charge < -0.3 is 0 Å². The van der Waals surface area contributed by atoms with E-state index in [0.717, 1.165) is 5.06 Å². The molecule has 0 aromatic carbocycles. The molecule has 0 aliphatic rings. The Kier molecular flexibility index (Phi) is 3.21. The molecule has 0 atom stereocenters. The highest BCUT2D eigenvalue weighted by Crippen LogP contribution is 2.04. The lowest BCUT2D eigenvalue weighted by Crippen LogP contribution is -2.25. The Labute approximate surface area is 82.5 Å². The summed E-state index contributed by atoms with van der Waals surface area (Å²) < 4.78 is 0. The zero-order valence-electron chi connectivity index (χ0n) is 8.02. The standard InChI is InChI=1S/C10H10N2O2/c1-4-9-7-8(5-6-11-9)10(13)12(2)14-3/h1,5-7H,2-3H3. The number of hydroxylamine groups is 2. The Balaban J connectivity index is 2.97. The summed E-state index contributed by atoms with van der Waals surface area (Å²) in [7, 11) is 2.94. The van der Waals surface area contributed by atoms with Gasteiger partial charge in [-0.05, 0) is 12.1 Å². The Morgan fingerprint density at radius 1 is 1.71 bits per heavy atom. The quantitative estimate of drug-likeness (QED) is 0.509. The molecule has 1 aromatic heterocycles. The number of nitrogens with zero attached hydrogens (tertiary/aromatic N) is 2. The van der Waals surface area contributed by atoms with Gasteiger partial charge in [-0.25, -0.2) is 10.0 Å². The fourth-order valence-electron chi connectivity index (χ4n) is 0.907. The number of hydrogen-bond acceptors (Lipinski definition) is 3. The van der Waals surface area contributed by atoms with E-state index in [9.17, 15) is 4.79 Å². The third-order valence-corrected chi connectivity index (χ3v) is 1.71. The largest absolute Gasteiger partial charge is 0.277 e. The number of pyridine rings is 1. The van der Waals surface area contributed by atoms with Gasteiger partial charge in [0.2, 0.25) is 0 Å². The molecule has 1 rings (SSSR count). The van der Waals surface area contributed by atoms with Crippen LogP contribution in [-0.4, -0.2) is 30.1 Å². The van der Waals surface area contributed by atoms with E-state index in [4.69, 9.17) is 11.3 Å². The normalized spacial score (nSPS) is 9.21. The van der Waals surface area contributed by atoms with E-state index in [-0.39, 0.29) is 5.91 Å². The minimum Gasteiger partial charge on any atom is -0.274 e. The summed E-state index contributed by atoms with van der Waals surface area (Å²) >= 11 is 0. The summed E-state index contributed by atoms with van der Waals surface area (Å²) in [6, 6.07) is 3.12. The number of amides is 1. The fourth-order valence-corrected chi connectivity index (χ4v) is 0.907. The predicted octanol–water partition coefficient (Wildman–Crippen LogP) is 0.696. The summed E-state index contributed by atoms with van der Waals surface area (Å²) in [5.41, 5.74) is 0.887. The van der Waals surface area contributed by atoms with Gasteiger partial charge in [-0.3, -0.25) is 9.63 Å². The first kappa shape index (κ1) is 10.2. The van der Waals surface area contributed by atoms with Crippen LogP contribution in [0.4, 0.5) is 0 Å². The molecule has 0 bridgehead atoms. The first-order valence-electron chi connectivity index (χ1n) is 3.94. The number of carbonyl (C=O) groups is 1. The molecule has 1 aromatic rings. The molecule has 0 aliphatic carbocycles. The molecule has 0 spiro atoms. The second-order valence-corrected chi connectivity index (χ2v) is 2.56. The van der Waals surface area contributed by atoms with Crippen molar-refractivity contribution in [3.8, 4) is 12.3 Å². The van der Waals surface area contributed by atoms with Crippen molar-refractivity contribution in [2.45, 2.75) is 0 Å². The van der Waals surface area contributed by atoms with Crippen molar-refractivity contribution in [3.05, 3.63) is 29.6 Å². The lowest BCUT2D eigenvalue weighted by Gasteiger charge is -2.13. The number of carbonyl (C=O) groups excluding carboxylic acids is 1. The molecule has 1 heterocycles. The highest BCUT2D eigenvalue weighted by molar-refractivity contribution is 5.93. The van der Waals surface area contributed by atoms with E-state index in [1.807, 2.05) is 0 Å². The van der Waals surface area contributed by atoms with Crippen LogP contribution in [-0.2, 0) is 4.84 Å². The lowest BCUT2D eigenvalue weighted by atomic mass is 10.2. The van der Waals surface area contributed by atoms with Gasteiger partial charge in [0, 0.05) is 18.8 Å². The predicted molar refractivity (Wildman–Crippen MR) is 51.3 cm³/mol. The third kappa shape index (κ3) is 2.09. The van der Waals surface area contributed by atoms with Crippen LogP contribution in [0, 0.1) is 12.3 Å². The van der Waals surface area contributed by atoms with Crippen LogP contribution >= 0.6 is 0 Å². The molecule has 0 fully saturated rings. The van der Waals surface area contributed by atoms with Gasteiger partial charge >= 0.3 is 0 Å². The van der Waals surface area contributed by atoms with Crippen LogP contribution in [0.3, 0.4) is 0 Å². The van der Waals surface area contributed by atoms with Gasteiger partial charge in [-0.1, -0.05) is 5.92 Å². The molecule has 14 heavy (non-hydrogen) atoms. The molecule has 0 radical (unpaired) electrons. The van der Waals surface area contributed by atoms with Crippen LogP contribution in [0.15, 0.2) is 18.3 Å². The maximum absolute atomic E-state index is 11.5. The molecule has 0 saturated carbocycles. The zero-order valence-corrected chi connectivity index (χ0v) is 8.02. The highest BCUT2D eigenvalue weighted by atomic mass is 16.7. The molecule has 0 N–H and O–H groups in total. The van der Waals surface area contributed by atoms with Crippen LogP contribution in [0.5, 0.6) is 0 Å². The molecule has 1 amide bonds. The number of hydrogen-bond donors (Lipinski definition) is 0. The smallest absolute Gasteiger partial charge is 0.274 e. The minimum atomic E-state index is -0.258. The van der Waals surface area contributed by atoms with E-state index in [2.05, 4.69) is 10.9 Å². The van der Waals surface area contributed by atoms with E-state index in [1.165, 1.54) is 26.4 Å². The second kappa shape index (κ2) is 4.40. The van der Waals surface area contributed by atoms with Gasteiger partial charge in [0.15, 0.2) is 0 Å². The second-order valence-electron chi connectivity index (χ2n) is 2.56. The van der Waals surface area contributed by atoms with Crippen molar-refractivity contribution in [2.24, 2.45) is 0 Å². The van der Waals surface area contributed by atoms with E-state index in [1.54, 1.807) is 6.07 Å².